The fourth-order valence-electron chi connectivity index (χ4n) is 1.74. The van der Waals surface area contributed by atoms with Crippen molar-refractivity contribution < 1.29 is 19.6 Å². The van der Waals surface area contributed by atoms with Crippen molar-refractivity contribution in [1.82, 2.24) is 11.0 Å². The first-order chi connectivity index (χ1) is 11.0. The quantitative estimate of drug-likeness (QED) is 0.568. The molecule has 0 bridgehead atoms. The molecule has 0 aliphatic rings. The van der Waals surface area contributed by atoms with Gasteiger partial charge in [-0.15, -0.1) is 0 Å². The lowest BCUT2D eigenvalue weighted by atomic mass is 10.1. The topological polar surface area (TPSA) is 87.7 Å². The number of halogens is 2. The molecule has 23 heavy (non-hydrogen) atoms. The predicted molar refractivity (Wildman–Crippen MR) is 84.4 cm³/mol. The van der Waals surface area contributed by atoms with Crippen LogP contribution in [0.25, 0.3) is 0 Å². The molecule has 0 aromatic heterocycles. The molecular weight excluding hydrogens is 343 g/mol. The summed E-state index contributed by atoms with van der Waals surface area (Å²) in [7, 11) is 0. The number of benzene rings is 2. The SMILES string of the molecule is O=C(NO)c1cccc(C(=O)NOCc2ccc(Cl)cc2Cl)c1. The van der Waals surface area contributed by atoms with E-state index in [4.69, 9.17) is 33.2 Å². The zero-order chi connectivity index (χ0) is 16.8. The van der Waals surface area contributed by atoms with E-state index in [0.717, 1.165) is 0 Å². The molecule has 0 spiro atoms. The van der Waals surface area contributed by atoms with E-state index >= 15 is 0 Å². The van der Waals surface area contributed by atoms with Crippen molar-refractivity contribution in [3.63, 3.8) is 0 Å². The van der Waals surface area contributed by atoms with Gasteiger partial charge in [-0.1, -0.05) is 35.3 Å². The Morgan fingerprint density at radius 2 is 1.74 bits per heavy atom. The van der Waals surface area contributed by atoms with Crippen LogP contribution in [0.3, 0.4) is 0 Å². The molecule has 2 amide bonds. The van der Waals surface area contributed by atoms with Crippen LogP contribution in [0.2, 0.25) is 10.0 Å². The summed E-state index contributed by atoms with van der Waals surface area (Å²) in [5.41, 5.74) is 4.74. The summed E-state index contributed by atoms with van der Waals surface area (Å²) in [5.74, 6) is -1.25. The van der Waals surface area contributed by atoms with E-state index in [-0.39, 0.29) is 17.7 Å². The second-order valence-corrected chi connectivity index (χ2v) is 5.32. The first-order valence-corrected chi connectivity index (χ1v) is 7.17. The molecule has 8 heteroatoms. The van der Waals surface area contributed by atoms with E-state index in [0.29, 0.717) is 15.6 Å². The summed E-state index contributed by atoms with van der Waals surface area (Å²) in [4.78, 5) is 28.4. The Balaban J connectivity index is 1.96. The van der Waals surface area contributed by atoms with Gasteiger partial charge in [0.25, 0.3) is 11.8 Å². The monoisotopic (exact) mass is 354 g/mol. The van der Waals surface area contributed by atoms with Crippen LogP contribution in [0, 0.1) is 0 Å². The number of amides is 2. The Morgan fingerprint density at radius 1 is 1.04 bits per heavy atom. The van der Waals surface area contributed by atoms with Crippen LogP contribution in [-0.4, -0.2) is 17.0 Å². The predicted octanol–water partition coefficient (Wildman–Crippen LogP) is 2.97. The number of rotatable bonds is 5. The Hall–Kier alpha value is -2.12. The number of hydroxylamine groups is 2. The van der Waals surface area contributed by atoms with Crippen molar-refractivity contribution in [2.75, 3.05) is 0 Å². The van der Waals surface area contributed by atoms with Gasteiger partial charge in [0.1, 0.15) is 6.61 Å². The van der Waals surface area contributed by atoms with E-state index in [2.05, 4.69) is 5.48 Å². The average Bonchev–Trinajstić information content (AvgIpc) is 2.56. The highest BCUT2D eigenvalue weighted by Crippen LogP contribution is 2.21. The van der Waals surface area contributed by atoms with Crippen molar-refractivity contribution in [1.29, 1.82) is 0 Å². The maximum Gasteiger partial charge on any atom is 0.274 e. The van der Waals surface area contributed by atoms with Gasteiger partial charge in [0.2, 0.25) is 0 Å². The molecule has 2 aromatic rings. The fourth-order valence-corrected chi connectivity index (χ4v) is 2.21. The van der Waals surface area contributed by atoms with Gasteiger partial charge < -0.3 is 0 Å². The molecule has 0 unspecified atom stereocenters. The molecule has 0 fully saturated rings. The van der Waals surface area contributed by atoms with Crippen LogP contribution < -0.4 is 11.0 Å². The van der Waals surface area contributed by atoms with Gasteiger partial charge in [-0.3, -0.25) is 19.6 Å². The lowest BCUT2D eigenvalue weighted by Gasteiger charge is -2.08. The molecule has 0 heterocycles. The Bertz CT molecular complexity index is 737. The van der Waals surface area contributed by atoms with Gasteiger partial charge in [0.15, 0.2) is 0 Å². The lowest BCUT2D eigenvalue weighted by Crippen LogP contribution is -2.24. The van der Waals surface area contributed by atoms with E-state index in [1.54, 1.807) is 18.2 Å². The molecule has 2 aromatic carbocycles. The molecular formula is C15H12Cl2N2O4. The van der Waals surface area contributed by atoms with Gasteiger partial charge in [-0.05, 0) is 35.9 Å². The molecule has 0 saturated heterocycles. The molecule has 0 saturated carbocycles. The highest BCUT2D eigenvalue weighted by atomic mass is 35.5. The minimum Gasteiger partial charge on any atom is -0.288 e. The lowest BCUT2D eigenvalue weighted by molar-refractivity contribution is 0.0233. The molecule has 6 nitrogen and oxygen atoms in total. The van der Waals surface area contributed by atoms with Crippen molar-refractivity contribution in [3.05, 3.63) is 69.2 Å². The first-order valence-electron chi connectivity index (χ1n) is 6.42. The van der Waals surface area contributed by atoms with Gasteiger partial charge in [0, 0.05) is 21.2 Å². The highest BCUT2D eigenvalue weighted by molar-refractivity contribution is 6.35. The van der Waals surface area contributed by atoms with E-state index in [1.165, 1.54) is 29.7 Å². The van der Waals surface area contributed by atoms with Gasteiger partial charge in [-0.25, -0.2) is 11.0 Å². The maximum atomic E-state index is 12.0. The third-order valence-electron chi connectivity index (χ3n) is 2.90. The number of hydrogen-bond acceptors (Lipinski definition) is 4. The highest BCUT2D eigenvalue weighted by Gasteiger charge is 2.10. The van der Waals surface area contributed by atoms with Crippen molar-refractivity contribution in [3.8, 4) is 0 Å². The summed E-state index contributed by atoms with van der Waals surface area (Å²) >= 11 is 11.8. The molecule has 0 atom stereocenters. The van der Waals surface area contributed by atoms with Gasteiger partial charge in [0.05, 0.1) is 0 Å². The normalized spacial score (nSPS) is 10.2. The maximum absolute atomic E-state index is 12.0. The van der Waals surface area contributed by atoms with Crippen LogP contribution in [0.5, 0.6) is 0 Å². The summed E-state index contributed by atoms with van der Waals surface area (Å²) in [5, 5.41) is 9.51. The zero-order valence-corrected chi connectivity index (χ0v) is 13.2. The second-order valence-electron chi connectivity index (χ2n) is 4.48. The van der Waals surface area contributed by atoms with Crippen molar-refractivity contribution >= 4 is 35.0 Å². The van der Waals surface area contributed by atoms with Crippen LogP contribution in [0.4, 0.5) is 0 Å². The number of carbonyl (C=O) groups is 2. The summed E-state index contributed by atoms with van der Waals surface area (Å²) < 4.78 is 0. The van der Waals surface area contributed by atoms with Crippen LogP contribution >= 0.6 is 23.2 Å². The average molecular weight is 355 g/mol. The summed E-state index contributed by atoms with van der Waals surface area (Å²) in [6.07, 6.45) is 0. The molecule has 2 rings (SSSR count). The Labute approximate surface area is 141 Å². The van der Waals surface area contributed by atoms with Gasteiger partial charge in [-0.2, -0.15) is 0 Å². The third kappa shape index (κ3) is 4.67. The van der Waals surface area contributed by atoms with Crippen LogP contribution in [-0.2, 0) is 11.4 Å². The van der Waals surface area contributed by atoms with Gasteiger partial charge >= 0.3 is 0 Å². The number of hydrogen-bond donors (Lipinski definition) is 3. The van der Waals surface area contributed by atoms with E-state index in [9.17, 15) is 9.59 Å². The minimum atomic E-state index is -0.714. The van der Waals surface area contributed by atoms with Crippen molar-refractivity contribution in [2.24, 2.45) is 0 Å². The molecule has 0 aliphatic heterocycles. The summed E-state index contributed by atoms with van der Waals surface area (Å²) in [6, 6.07) is 10.7. The Morgan fingerprint density at radius 3 is 2.39 bits per heavy atom. The Kier molecular flexibility index (Phi) is 5.95. The molecule has 0 aliphatic carbocycles. The molecule has 120 valence electrons. The first kappa shape index (κ1) is 17.2. The van der Waals surface area contributed by atoms with Crippen LogP contribution in [0.15, 0.2) is 42.5 Å². The number of nitrogens with one attached hydrogen (secondary N) is 2. The molecule has 3 N–H and O–H groups in total. The van der Waals surface area contributed by atoms with Crippen molar-refractivity contribution in [2.45, 2.75) is 6.61 Å². The standard InChI is InChI=1S/C15H12Cl2N2O4/c16-12-5-4-11(13(17)7-12)8-23-19-15(21)10-3-1-2-9(6-10)14(20)18-22/h1-7,22H,8H2,(H,18,20)(H,19,21). The minimum absolute atomic E-state index is 0.0541. The second kappa shape index (κ2) is 7.94. The third-order valence-corrected chi connectivity index (χ3v) is 3.48. The van der Waals surface area contributed by atoms with Crippen LogP contribution in [0.1, 0.15) is 26.3 Å². The number of carbonyl (C=O) groups excluding carboxylic acids is 2. The zero-order valence-electron chi connectivity index (χ0n) is 11.7. The largest absolute Gasteiger partial charge is 0.288 e. The molecule has 0 radical (unpaired) electrons. The van der Waals surface area contributed by atoms with E-state index < -0.39 is 11.8 Å². The fraction of sp³-hybridized carbons (Fsp3) is 0.0667. The van der Waals surface area contributed by atoms with E-state index in [1.807, 2.05) is 0 Å². The smallest absolute Gasteiger partial charge is 0.274 e. The summed E-state index contributed by atoms with van der Waals surface area (Å²) in [6.45, 7) is 0.0541.